The molecule has 1 saturated carbocycles. The highest BCUT2D eigenvalue weighted by Crippen LogP contribution is 2.29. The van der Waals surface area contributed by atoms with E-state index < -0.39 is 0 Å². The standard InChI is InChI=1S/C13H27N3/c1-16-9-3-7-13(10-14,11-16)15-8-6-12-4-2-5-12/h12,15H,2-11,14H2,1H3. The molecule has 0 aromatic heterocycles. The number of hydrogen-bond acceptors (Lipinski definition) is 3. The van der Waals surface area contributed by atoms with Crippen LogP contribution in [0.15, 0.2) is 0 Å². The van der Waals surface area contributed by atoms with Crippen molar-refractivity contribution in [2.75, 3.05) is 33.2 Å². The van der Waals surface area contributed by atoms with Crippen molar-refractivity contribution < 1.29 is 0 Å². The van der Waals surface area contributed by atoms with Crippen LogP contribution < -0.4 is 11.1 Å². The Morgan fingerprint density at radius 2 is 2.19 bits per heavy atom. The Hall–Kier alpha value is -0.120. The van der Waals surface area contributed by atoms with E-state index in [9.17, 15) is 0 Å². The fraction of sp³-hybridized carbons (Fsp3) is 1.00. The van der Waals surface area contributed by atoms with Gasteiger partial charge in [0.2, 0.25) is 0 Å². The van der Waals surface area contributed by atoms with Crippen molar-refractivity contribution in [3.05, 3.63) is 0 Å². The van der Waals surface area contributed by atoms with E-state index in [4.69, 9.17) is 5.73 Å². The summed E-state index contributed by atoms with van der Waals surface area (Å²) in [4.78, 5) is 2.41. The molecule has 0 aromatic carbocycles. The molecule has 0 radical (unpaired) electrons. The molecular formula is C13H27N3. The summed E-state index contributed by atoms with van der Waals surface area (Å²) >= 11 is 0. The Morgan fingerprint density at radius 3 is 2.75 bits per heavy atom. The molecule has 0 bridgehead atoms. The summed E-state index contributed by atoms with van der Waals surface area (Å²) < 4.78 is 0. The van der Waals surface area contributed by atoms with Crippen LogP contribution in [0.1, 0.15) is 38.5 Å². The Kier molecular flexibility index (Phi) is 4.22. The first kappa shape index (κ1) is 12.3. The summed E-state index contributed by atoms with van der Waals surface area (Å²) in [6, 6.07) is 0. The summed E-state index contributed by atoms with van der Waals surface area (Å²) in [6.45, 7) is 4.29. The average molecular weight is 225 g/mol. The molecule has 0 amide bonds. The number of hydrogen-bond donors (Lipinski definition) is 2. The van der Waals surface area contributed by atoms with Crippen LogP contribution in [0.3, 0.4) is 0 Å². The summed E-state index contributed by atoms with van der Waals surface area (Å²) in [7, 11) is 2.21. The molecule has 1 aliphatic carbocycles. The molecule has 1 unspecified atom stereocenters. The smallest absolute Gasteiger partial charge is 0.0432 e. The number of nitrogens with one attached hydrogen (secondary N) is 1. The minimum Gasteiger partial charge on any atom is -0.329 e. The highest BCUT2D eigenvalue weighted by Gasteiger charge is 2.32. The van der Waals surface area contributed by atoms with Crippen molar-refractivity contribution in [1.82, 2.24) is 10.2 Å². The first-order valence-corrected chi connectivity index (χ1v) is 6.88. The third-order valence-electron chi connectivity index (χ3n) is 4.44. The van der Waals surface area contributed by atoms with Crippen molar-refractivity contribution >= 4 is 0 Å². The van der Waals surface area contributed by atoms with Crippen molar-refractivity contribution in [1.29, 1.82) is 0 Å². The predicted octanol–water partition coefficient (Wildman–Crippen LogP) is 1.19. The molecule has 0 aromatic rings. The lowest BCUT2D eigenvalue weighted by Gasteiger charge is -2.42. The lowest BCUT2D eigenvalue weighted by atomic mass is 9.82. The maximum atomic E-state index is 5.97. The largest absolute Gasteiger partial charge is 0.329 e. The van der Waals surface area contributed by atoms with Gasteiger partial charge in [-0.2, -0.15) is 0 Å². The van der Waals surface area contributed by atoms with E-state index in [2.05, 4.69) is 17.3 Å². The molecule has 2 aliphatic rings. The zero-order chi connectivity index (χ0) is 11.4. The molecule has 2 rings (SSSR count). The van der Waals surface area contributed by atoms with E-state index in [1.54, 1.807) is 0 Å². The third-order valence-corrected chi connectivity index (χ3v) is 4.44. The van der Waals surface area contributed by atoms with E-state index in [1.165, 1.54) is 45.1 Å². The molecule has 1 saturated heterocycles. The highest BCUT2D eigenvalue weighted by atomic mass is 15.2. The molecule has 2 fully saturated rings. The normalized spacial score (nSPS) is 32.6. The molecule has 16 heavy (non-hydrogen) atoms. The second-order valence-electron chi connectivity index (χ2n) is 5.84. The second-order valence-corrected chi connectivity index (χ2v) is 5.84. The van der Waals surface area contributed by atoms with Crippen molar-refractivity contribution in [2.45, 2.75) is 44.1 Å². The number of rotatable bonds is 5. The van der Waals surface area contributed by atoms with Crippen LogP contribution in [0.2, 0.25) is 0 Å². The van der Waals surface area contributed by atoms with Crippen LogP contribution in [-0.2, 0) is 0 Å². The minimum absolute atomic E-state index is 0.205. The van der Waals surface area contributed by atoms with Gasteiger partial charge in [0.05, 0.1) is 0 Å². The quantitative estimate of drug-likeness (QED) is 0.738. The summed E-state index contributed by atoms with van der Waals surface area (Å²) in [5.74, 6) is 1.00. The SMILES string of the molecule is CN1CCCC(CN)(NCCC2CCC2)C1. The zero-order valence-electron chi connectivity index (χ0n) is 10.7. The highest BCUT2D eigenvalue weighted by molar-refractivity contribution is 4.95. The van der Waals surface area contributed by atoms with Gasteiger partial charge in [0, 0.05) is 18.6 Å². The second kappa shape index (κ2) is 5.48. The van der Waals surface area contributed by atoms with Gasteiger partial charge in [0.25, 0.3) is 0 Å². The van der Waals surface area contributed by atoms with Crippen LogP contribution >= 0.6 is 0 Å². The number of likely N-dealkylation sites (tertiary alicyclic amines) is 1. The van der Waals surface area contributed by atoms with Crippen molar-refractivity contribution in [3.8, 4) is 0 Å². The molecule has 1 heterocycles. The number of nitrogens with zero attached hydrogens (tertiary/aromatic N) is 1. The van der Waals surface area contributed by atoms with Crippen LogP contribution in [0, 0.1) is 5.92 Å². The first-order valence-electron chi connectivity index (χ1n) is 6.88. The fourth-order valence-corrected chi connectivity index (χ4v) is 3.07. The van der Waals surface area contributed by atoms with Gasteiger partial charge in [-0.05, 0) is 45.3 Å². The first-order chi connectivity index (χ1) is 7.74. The molecule has 3 N–H and O–H groups in total. The summed E-state index contributed by atoms with van der Waals surface area (Å²) in [5, 5.41) is 3.75. The van der Waals surface area contributed by atoms with Gasteiger partial charge in [-0.25, -0.2) is 0 Å². The van der Waals surface area contributed by atoms with E-state index in [1.807, 2.05) is 0 Å². The molecule has 3 heteroatoms. The van der Waals surface area contributed by atoms with Gasteiger partial charge < -0.3 is 16.0 Å². The predicted molar refractivity (Wildman–Crippen MR) is 68.5 cm³/mol. The van der Waals surface area contributed by atoms with E-state index in [0.29, 0.717) is 0 Å². The lowest BCUT2D eigenvalue weighted by molar-refractivity contribution is 0.145. The molecule has 1 aliphatic heterocycles. The molecule has 3 nitrogen and oxygen atoms in total. The van der Waals surface area contributed by atoms with Gasteiger partial charge in [0.1, 0.15) is 0 Å². The van der Waals surface area contributed by atoms with Gasteiger partial charge in [-0.15, -0.1) is 0 Å². The zero-order valence-corrected chi connectivity index (χ0v) is 10.7. The average Bonchev–Trinajstić information content (AvgIpc) is 2.22. The summed E-state index contributed by atoms with van der Waals surface area (Å²) in [5.41, 5.74) is 6.18. The van der Waals surface area contributed by atoms with Gasteiger partial charge >= 0.3 is 0 Å². The Bertz CT molecular complexity index is 215. The van der Waals surface area contributed by atoms with Crippen molar-refractivity contribution in [3.63, 3.8) is 0 Å². The summed E-state index contributed by atoms with van der Waals surface area (Å²) in [6.07, 6.45) is 8.25. The van der Waals surface area contributed by atoms with E-state index in [0.717, 1.165) is 25.6 Å². The van der Waals surface area contributed by atoms with E-state index in [-0.39, 0.29) is 5.54 Å². The minimum atomic E-state index is 0.205. The number of piperidine rings is 1. The maximum Gasteiger partial charge on any atom is 0.0432 e. The third kappa shape index (κ3) is 2.96. The van der Waals surface area contributed by atoms with Crippen LogP contribution in [-0.4, -0.2) is 43.7 Å². The fourth-order valence-electron chi connectivity index (χ4n) is 3.07. The molecular weight excluding hydrogens is 198 g/mol. The number of nitrogens with two attached hydrogens (primary N) is 1. The van der Waals surface area contributed by atoms with Gasteiger partial charge in [-0.1, -0.05) is 19.3 Å². The molecule has 1 atom stereocenters. The van der Waals surface area contributed by atoms with Gasteiger partial charge in [-0.3, -0.25) is 0 Å². The topological polar surface area (TPSA) is 41.3 Å². The Labute approximate surface area is 99.8 Å². The molecule has 0 spiro atoms. The van der Waals surface area contributed by atoms with E-state index >= 15 is 0 Å². The number of likely N-dealkylation sites (N-methyl/N-ethyl adjacent to an activating group) is 1. The Morgan fingerprint density at radius 1 is 1.38 bits per heavy atom. The van der Waals surface area contributed by atoms with Crippen LogP contribution in [0.5, 0.6) is 0 Å². The van der Waals surface area contributed by atoms with Crippen molar-refractivity contribution in [2.24, 2.45) is 11.7 Å². The van der Waals surface area contributed by atoms with Gasteiger partial charge in [0.15, 0.2) is 0 Å². The lowest BCUT2D eigenvalue weighted by Crippen LogP contribution is -2.60. The Balaban J connectivity index is 1.74. The maximum absolute atomic E-state index is 5.97. The molecule has 94 valence electrons. The van der Waals surface area contributed by atoms with Crippen LogP contribution in [0.4, 0.5) is 0 Å². The monoisotopic (exact) mass is 225 g/mol. The van der Waals surface area contributed by atoms with Crippen LogP contribution in [0.25, 0.3) is 0 Å².